The monoisotopic (exact) mass is 599 g/mol. The highest BCUT2D eigenvalue weighted by atomic mass is 35.5. The van der Waals surface area contributed by atoms with Gasteiger partial charge >= 0.3 is 0 Å². The molecule has 0 saturated heterocycles. The van der Waals surface area contributed by atoms with Crippen LogP contribution in [0.1, 0.15) is 16.8 Å². The molecule has 42 heavy (non-hydrogen) atoms. The molecule has 1 atom stereocenters. The third kappa shape index (κ3) is 7.27. The Hall–Kier alpha value is -4.38. The maximum Gasteiger partial charge on any atom is 0.255 e. The Morgan fingerprint density at radius 1 is 0.976 bits per heavy atom. The summed E-state index contributed by atoms with van der Waals surface area (Å²) in [5.74, 6) is -0.0425. The number of para-hydroxylation sites is 1. The molecule has 5 aromatic rings. The molecule has 0 bridgehead atoms. The predicted octanol–water partition coefficient (Wildman–Crippen LogP) is 6.46. The minimum atomic E-state index is -0.282. The van der Waals surface area contributed by atoms with Crippen LogP contribution in [0.4, 0.5) is 23.0 Å². The van der Waals surface area contributed by atoms with E-state index in [-0.39, 0.29) is 17.1 Å². The summed E-state index contributed by atoms with van der Waals surface area (Å²) in [5.41, 5.74) is 4.82. The van der Waals surface area contributed by atoms with Gasteiger partial charge in [0.15, 0.2) is 0 Å². The molecule has 11 heteroatoms. The van der Waals surface area contributed by atoms with Gasteiger partial charge < -0.3 is 25.8 Å². The molecule has 0 unspecified atom stereocenters. The molecule has 4 N–H and O–H groups in total. The van der Waals surface area contributed by atoms with Crippen LogP contribution in [-0.4, -0.2) is 57.6 Å². The first-order valence-electron chi connectivity index (χ1n) is 13.3. The number of halogens is 1. The summed E-state index contributed by atoms with van der Waals surface area (Å²) in [4.78, 5) is 39.4. The van der Waals surface area contributed by atoms with Crippen LogP contribution in [0.2, 0.25) is 5.02 Å². The SMILES string of the molecule is CN(C)C[C@H](S)CC(=O)Nc1ccc(C(=O)Nc2cccc(Nc3ncc(Cl)c(-c4c[nH]c5ccccc45)n3)c2)cc1. The molecule has 2 heterocycles. The molecule has 214 valence electrons. The van der Waals surface area contributed by atoms with E-state index in [0.717, 1.165) is 16.5 Å². The van der Waals surface area contributed by atoms with Gasteiger partial charge in [0.05, 0.1) is 16.9 Å². The Morgan fingerprint density at radius 3 is 2.52 bits per heavy atom. The minimum Gasteiger partial charge on any atom is -0.360 e. The second kappa shape index (κ2) is 13.1. The van der Waals surface area contributed by atoms with Crippen molar-refractivity contribution in [3.05, 3.63) is 95.8 Å². The molecule has 5 rings (SSSR count). The summed E-state index contributed by atoms with van der Waals surface area (Å²) in [6.07, 6.45) is 3.73. The average Bonchev–Trinajstić information content (AvgIpc) is 3.38. The molecule has 0 spiro atoms. The molecular formula is C31H30ClN7O2S. The Bertz CT molecular complexity index is 1720. The van der Waals surface area contributed by atoms with Gasteiger partial charge in [-0.3, -0.25) is 9.59 Å². The number of nitrogens with one attached hydrogen (secondary N) is 4. The second-order valence-electron chi connectivity index (χ2n) is 10.0. The number of aromatic nitrogens is 3. The number of H-pyrrole nitrogens is 1. The molecule has 3 aromatic carbocycles. The Kier molecular flexibility index (Phi) is 9.06. The highest BCUT2D eigenvalue weighted by Crippen LogP contribution is 2.32. The minimum absolute atomic E-state index is 0.0666. The lowest BCUT2D eigenvalue weighted by molar-refractivity contribution is -0.116. The zero-order valence-corrected chi connectivity index (χ0v) is 24.7. The van der Waals surface area contributed by atoms with Crippen molar-refractivity contribution < 1.29 is 9.59 Å². The fraction of sp³-hybridized carbons (Fsp3) is 0.161. The lowest BCUT2D eigenvalue weighted by atomic mass is 10.1. The van der Waals surface area contributed by atoms with E-state index >= 15 is 0 Å². The number of fused-ring (bicyclic) bond motifs is 1. The molecule has 0 saturated carbocycles. The lowest BCUT2D eigenvalue weighted by Gasteiger charge is -2.15. The highest BCUT2D eigenvalue weighted by Gasteiger charge is 2.14. The maximum absolute atomic E-state index is 12.9. The van der Waals surface area contributed by atoms with Crippen molar-refractivity contribution in [1.82, 2.24) is 19.9 Å². The van der Waals surface area contributed by atoms with Gasteiger partial charge in [0.1, 0.15) is 0 Å². The van der Waals surface area contributed by atoms with E-state index in [9.17, 15) is 9.59 Å². The summed E-state index contributed by atoms with van der Waals surface area (Å²) in [5, 5.41) is 10.3. The van der Waals surface area contributed by atoms with Gasteiger partial charge in [-0.1, -0.05) is 35.9 Å². The van der Waals surface area contributed by atoms with Crippen LogP contribution in [0, 0.1) is 0 Å². The molecule has 0 aliphatic heterocycles. The van der Waals surface area contributed by atoms with Crippen LogP contribution in [-0.2, 0) is 4.79 Å². The number of hydrogen-bond donors (Lipinski definition) is 5. The van der Waals surface area contributed by atoms with Crippen molar-refractivity contribution >= 4 is 70.0 Å². The fourth-order valence-electron chi connectivity index (χ4n) is 4.51. The van der Waals surface area contributed by atoms with E-state index in [4.69, 9.17) is 11.6 Å². The van der Waals surface area contributed by atoms with E-state index in [2.05, 4.69) is 43.5 Å². The van der Waals surface area contributed by atoms with Crippen molar-refractivity contribution in [3.63, 3.8) is 0 Å². The number of thiol groups is 1. The van der Waals surface area contributed by atoms with Crippen LogP contribution >= 0.6 is 24.2 Å². The Balaban J connectivity index is 1.22. The van der Waals surface area contributed by atoms with E-state index in [1.54, 1.807) is 42.6 Å². The molecule has 0 radical (unpaired) electrons. The topological polar surface area (TPSA) is 115 Å². The van der Waals surface area contributed by atoms with Crippen molar-refractivity contribution in [2.24, 2.45) is 0 Å². The van der Waals surface area contributed by atoms with Gasteiger partial charge in [0.25, 0.3) is 5.91 Å². The first-order chi connectivity index (χ1) is 20.2. The summed E-state index contributed by atoms with van der Waals surface area (Å²) >= 11 is 10.9. The number of rotatable bonds is 10. The smallest absolute Gasteiger partial charge is 0.255 e. The molecule has 0 aliphatic carbocycles. The largest absolute Gasteiger partial charge is 0.360 e. The van der Waals surface area contributed by atoms with Crippen LogP contribution in [0.25, 0.3) is 22.2 Å². The summed E-state index contributed by atoms with van der Waals surface area (Å²) < 4.78 is 0. The number of nitrogens with zero attached hydrogens (tertiary/aromatic N) is 3. The predicted molar refractivity (Wildman–Crippen MR) is 173 cm³/mol. The number of anilines is 4. The van der Waals surface area contributed by atoms with Gasteiger partial charge in [-0.25, -0.2) is 9.97 Å². The first kappa shape index (κ1) is 29.1. The number of amides is 2. The van der Waals surface area contributed by atoms with E-state index < -0.39 is 0 Å². The number of carbonyl (C=O) groups is 2. The van der Waals surface area contributed by atoms with E-state index in [1.165, 1.54) is 0 Å². The maximum atomic E-state index is 12.9. The normalized spacial score (nSPS) is 11.8. The lowest BCUT2D eigenvalue weighted by Crippen LogP contribution is -2.26. The van der Waals surface area contributed by atoms with Gasteiger partial charge in [-0.15, -0.1) is 0 Å². The van der Waals surface area contributed by atoms with Gasteiger partial charge in [-0.05, 0) is 62.6 Å². The fourth-order valence-corrected chi connectivity index (χ4v) is 5.19. The number of benzene rings is 3. The molecular weight excluding hydrogens is 570 g/mol. The molecule has 0 aliphatic rings. The van der Waals surface area contributed by atoms with Gasteiger partial charge in [-0.2, -0.15) is 12.6 Å². The van der Waals surface area contributed by atoms with Gasteiger partial charge in [0, 0.05) is 63.5 Å². The molecule has 2 amide bonds. The van der Waals surface area contributed by atoms with E-state index in [1.807, 2.05) is 61.6 Å². The highest BCUT2D eigenvalue weighted by molar-refractivity contribution is 7.81. The quantitative estimate of drug-likeness (QED) is 0.118. The van der Waals surface area contributed by atoms with E-state index in [0.29, 0.717) is 52.3 Å². The standard InChI is InChI=1S/C31H30ClN7O2S/c1-39(2)18-23(42)15-28(40)35-20-12-10-19(11-13-20)30(41)36-21-6-5-7-22(14-21)37-31-34-17-26(32)29(38-31)25-16-33-27-9-4-3-8-24(25)27/h3-14,16-17,23,33,42H,15,18H2,1-2H3,(H,35,40)(H,36,41)(H,34,37,38)/t23-/m1/s1. The van der Waals surface area contributed by atoms with Crippen molar-refractivity contribution in [3.8, 4) is 11.3 Å². The zero-order valence-electron chi connectivity index (χ0n) is 23.1. The summed E-state index contributed by atoms with van der Waals surface area (Å²) in [7, 11) is 3.88. The van der Waals surface area contributed by atoms with Gasteiger partial charge in [0.2, 0.25) is 11.9 Å². The van der Waals surface area contributed by atoms with Crippen LogP contribution in [0.3, 0.4) is 0 Å². The van der Waals surface area contributed by atoms with Crippen molar-refractivity contribution in [2.45, 2.75) is 11.7 Å². The summed E-state index contributed by atoms with van der Waals surface area (Å²) in [6.45, 7) is 0.700. The summed E-state index contributed by atoms with van der Waals surface area (Å²) in [6, 6.07) is 21.9. The van der Waals surface area contributed by atoms with Crippen LogP contribution in [0.15, 0.2) is 85.2 Å². The number of aromatic amines is 1. The number of hydrogen-bond acceptors (Lipinski definition) is 7. The Labute approximate surface area is 254 Å². The Morgan fingerprint density at radius 2 is 1.74 bits per heavy atom. The molecule has 0 fully saturated rings. The first-order valence-corrected chi connectivity index (χ1v) is 14.1. The molecule has 9 nitrogen and oxygen atoms in total. The third-order valence-electron chi connectivity index (χ3n) is 6.39. The van der Waals surface area contributed by atoms with Crippen molar-refractivity contribution in [2.75, 3.05) is 36.6 Å². The third-order valence-corrected chi connectivity index (χ3v) is 7.02. The zero-order chi connectivity index (χ0) is 29.6. The van der Waals surface area contributed by atoms with Crippen LogP contribution < -0.4 is 16.0 Å². The molecule has 2 aromatic heterocycles. The van der Waals surface area contributed by atoms with Crippen LogP contribution in [0.5, 0.6) is 0 Å². The second-order valence-corrected chi connectivity index (χ2v) is 11.2. The average molecular weight is 600 g/mol. The van der Waals surface area contributed by atoms with Crippen molar-refractivity contribution in [1.29, 1.82) is 0 Å². The number of carbonyl (C=O) groups excluding carboxylic acids is 2.